The van der Waals surface area contributed by atoms with Crippen LogP contribution in [0.1, 0.15) is 16.6 Å². The van der Waals surface area contributed by atoms with E-state index in [4.69, 9.17) is 0 Å². The third-order valence-corrected chi connectivity index (χ3v) is 4.63. The van der Waals surface area contributed by atoms with Gasteiger partial charge in [-0.25, -0.2) is 9.37 Å². The van der Waals surface area contributed by atoms with Gasteiger partial charge in [0.1, 0.15) is 5.82 Å². The average molecular weight is 335 g/mol. The minimum Gasteiger partial charge on any atom is -0.318 e. The van der Waals surface area contributed by atoms with E-state index in [1.54, 1.807) is 18.2 Å². The van der Waals surface area contributed by atoms with Crippen LogP contribution in [0.2, 0.25) is 0 Å². The molecule has 0 aliphatic heterocycles. The van der Waals surface area contributed by atoms with Gasteiger partial charge in [0.05, 0.1) is 20.1 Å². The van der Waals surface area contributed by atoms with E-state index in [9.17, 15) is 14.0 Å². The quantitative estimate of drug-likeness (QED) is 0.766. The first kappa shape index (κ1) is 14.6. The van der Waals surface area contributed by atoms with Crippen LogP contribution < -0.4 is 10.6 Å². The molecule has 0 aliphatic rings. The molecule has 5 nitrogen and oxygen atoms in total. The van der Waals surface area contributed by atoms with Gasteiger partial charge in [0, 0.05) is 6.92 Å². The summed E-state index contributed by atoms with van der Waals surface area (Å²) >= 11 is 2.37. The van der Waals surface area contributed by atoms with E-state index >= 15 is 0 Å². The summed E-state index contributed by atoms with van der Waals surface area (Å²) in [5.74, 6) is -0.852. The fraction of sp³-hybridized carbons (Fsp3) is 0.0714. The summed E-state index contributed by atoms with van der Waals surface area (Å²) in [7, 11) is 0. The van der Waals surface area contributed by atoms with Crippen LogP contribution in [0.4, 0.5) is 14.5 Å². The van der Waals surface area contributed by atoms with Gasteiger partial charge >= 0.3 is 0 Å². The molecule has 0 aliphatic carbocycles. The van der Waals surface area contributed by atoms with Crippen molar-refractivity contribution in [3.05, 3.63) is 41.0 Å². The predicted octanol–water partition coefficient (Wildman–Crippen LogP) is 3.71. The van der Waals surface area contributed by atoms with E-state index in [1.807, 2.05) is 0 Å². The maximum absolute atomic E-state index is 13.1. The monoisotopic (exact) mass is 335 g/mol. The molecule has 112 valence electrons. The molecule has 0 atom stereocenters. The van der Waals surface area contributed by atoms with Crippen LogP contribution in [-0.4, -0.2) is 16.8 Å². The molecule has 0 spiro atoms. The summed E-state index contributed by atoms with van der Waals surface area (Å²) in [6.45, 7) is 1.40. The number of nitrogens with zero attached hydrogens (tertiary/aromatic N) is 1. The standard InChI is InChI=1S/C14H10FN3O2S2/c1-7(19)16-12-5-4-10(21-12)13(20)18-14-17-9-3-2-8(15)6-11(9)22-14/h2-6H,1H3,(H,16,19)(H,17,18,20). The largest absolute Gasteiger partial charge is 0.318 e. The Morgan fingerprint density at radius 1 is 1.14 bits per heavy atom. The first-order chi connectivity index (χ1) is 10.5. The Labute approximate surface area is 132 Å². The Bertz CT molecular complexity index is 872. The van der Waals surface area contributed by atoms with Gasteiger partial charge in [0.25, 0.3) is 5.91 Å². The lowest BCUT2D eigenvalue weighted by Gasteiger charge is -1.98. The zero-order chi connectivity index (χ0) is 15.7. The van der Waals surface area contributed by atoms with Gasteiger partial charge in [-0.3, -0.25) is 14.9 Å². The fourth-order valence-electron chi connectivity index (χ4n) is 1.81. The molecular formula is C14H10FN3O2S2. The third kappa shape index (κ3) is 3.12. The van der Waals surface area contributed by atoms with Crippen LogP contribution in [0.25, 0.3) is 10.2 Å². The van der Waals surface area contributed by atoms with Crippen LogP contribution in [-0.2, 0) is 4.79 Å². The van der Waals surface area contributed by atoms with Crippen molar-refractivity contribution in [1.82, 2.24) is 4.98 Å². The summed E-state index contributed by atoms with van der Waals surface area (Å²) < 4.78 is 13.8. The van der Waals surface area contributed by atoms with Crippen LogP contribution in [0.15, 0.2) is 30.3 Å². The number of hydrogen-bond donors (Lipinski definition) is 2. The van der Waals surface area contributed by atoms with Gasteiger partial charge in [-0.05, 0) is 30.3 Å². The lowest BCUT2D eigenvalue weighted by Crippen LogP contribution is -2.09. The van der Waals surface area contributed by atoms with Gasteiger partial charge < -0.3 is 5.32 Å². The molecule has 22 heavy (non-hydrogen) atoms. The van der Waals surface area contributed by atoms with Gasteiger partial charge in [-0.1, -0.05) is 11.3 Å². The number of nitrogens with one attached hydrogen (secondary N) is 2. The number of anilines is 2. The van der Waals surface area contributed by atoms with Gasteiger partial charge in [0.15, 0.2) is 5.13 Å². The number of benzene rings is 1. The molecule has 2 heterocycles. The highest BCUT2D eigenvalue weighted by atomic mass is 32.1. The van der Waals surface area contributed by atoms with Crippen LogP contribution in [0.3, 0.4) is 0 Å². The lowest BCUT2D eigenvalue weighted by molar-refractivity contribution is -0.114. The Balaban J connectivity index is 1.77. The van der Waals surface area contributed by atoms with Crippen molar-refractivity contribution < 1.29 is 14.0 Å². The Morgan fingerprint density at radius 2 is 1.95 bits per heavy atom. The van der Waals surface area contributed by atoms with E-state index in [0.717, 1.165) is 0 Å². The lowest BCUT2D eigenvalue weighted by atomic mass is 10.3. The summed E-state index contributed by atoms with van der Waals surface area (Å²) in [5, 5.41) is 6.30. The Kier molecular flexibility index (Phi) is 3.86. The molecular weight excluding hydrogens is 325 g/mol. The van der Waals surface area contributed by atoms with Gasteiger partial charge in [-0.2, -0.15) is 0 Å². The highest BCUT2D eigenvalue weighted by molar-refractivity contribution is 7.22. The number of carbonyl (C=O) groups excluding carboxylic acids is 2. The minimum absolute atomic E-state index is 0.193. The van der Waals surface area contributed by atoms with Crippen molar-refractivity contribution in [3.8, 4) is 0 Å². The summed E-state index contributed by atoms with van der Waals surface area (Å²) in [4.78, 5) is 27.8. The number of thiophene rings is 1. The second-order valence-electron chi connectivity index (χ2n) is 4.43. The first-order valence-corrected chi connectivity index (χ1v) is 7.89. The van der Waals surface area contributed by atoms with Gasteiger partial charge in [-0.15, -0.1) is 11.3 Å². The zero-order valence-corrected chi connectivity index (χ0v) is 13.0. The highest BCUT2D eigenvalue weighted by Gasteiger charge is 2.13. The van der Waals surface area contributed by atoms with Crippen molar-refractivity contribution in [2.45, 2.75) is 6.92 Å². The predicted molar refractivity (Wildman–Crippen MR) is 86.2 cm³/mol. The molecule has 1 aromatic carbocycles. The molecule has 0 bridgehead atoms. The van der Waals surface area contributed by atoms with Crippen molar-refractivity contribution >= 4 is 54.8 Å². The molecule has 2 N–H and O–H groups in total. The number of carbonyl (C=O) groups is 2. The maximum Gasteiger partial charge on any atom is 0.267 e. The van der Waals surface area contributed by atoms with Crippen molar-refractivity contribution in [2.24, 2.45) is 0 Å². The number of halogens is 1. The number of aromatic nitrogens is 1. The highest BCUT2D eigenvalue weighted by Crippen LogP contribution is 2.28. The molecule has 8 heteroatoms. The molecule has 3 rings (SSSR count). The number of rotatable bonds is 3. The van der Waals surface area contributed by atoms with E-state index in [1.165, 1.54) is 41.7 Å². The first-order valence-electron chi connectivity index (χ1n) is 6.26. The molecule has 0 unspecified atom stereocenters. The topological polar surface area (TPSA) is 71.1 Å². The number of fused-ring (bicyclic) bond motifs is 1. The maximum atomic E-state index is 13.1. The van der Waals surface area contributed by atoms with E-state index in [-0.39, 0.29) is 17.6 Å². The minimum atomic E-state index is -0.341. The molecule has 0 saturated heterocycles. The number of hydrogen-bond acceptors (Lipinski definition) is 5. The molecule has 0 saturated carbocycles. The fourth-order valence-corrected chi connectivity index (χ4v) is 3.54. The third-order valence-electron chi connectivity index (χ3n) is 2.70. The molecule has 0 radical (unpaired) electrons. The van der Waals surface area contributed by atoms with E-state index < -0.39 is 0 Å². The van der Waals surface area contributed by atoms with Crippen molar-refractivity contribution in [3.63, 3.8) is 0 Å². The summed E-state index contributed by atoms with van der Waals surface area (Å²) in [5.41, 5.74) is 0.631. The molecule has 2 aromatic heterocycles. The molecule has 2 amide bonds. The second-order valence-corrected chi connectivity index (χ2v) is 6.54. The van der Waals surface area contributed by atoms with Crippen LogP contribution in [0, 0.1) is 5.82 Å². The molecule has 0 fully saturated rings. The average Bonchev–Trinajstić information content (AvgIpc) is 3.03. The van der Waals surface area contributed by atoms with Gasteiger partial charge in [0.2, 0.25) is 5.91 Å². The smallest absolute Gasteiger partial charge is 0.267 e. The van der Waals surface area contributed by atoms with E-state index in [0.29, 0.717) is 25.2 Å². The summed E-state index contributed by atoms with van der Waals surface area (Å²) in [6.07, 6.45) is 0. The SMILES string of the molecule is CC(=O)Nc1ccc(C(=O)Nc2nc3ccc(F)cc3s2)s1. The number of thiazole rings is 1. The molecule has 3 aromatic rings. The van der Waals surface area contributed by atoms with Crippen LogP contribution >= 0.6 is 22.7 Å². The Morgan fingerprint density at radius 3 is 2.73 bits per heavy atom. The van der Waals surface area contributed by atoms with Crippen molar-refractivity contribution in [1.29, 1.82) is 0 Å². The van der Waals surface area contributed by atoms with E-state index in [2.05, 4.69) is 15.6 Å². The number of amides is 2. The van der Waals surface area contributed by atoms with Crippen LogP contribution in [0.5, 0.6) is 0 Å². The Hall–Kier alpha value is -2.32. The van der Waals surface area contributed by atoms with Crippen molar-refractivity contribution in [2.75, 3.05) is 10.6 Å². The second kappa shape index (κ2) is 5.82. The zero-order valence-electron chi connectivity index (χ0n) is 11.3. The summed E-state index contributed by atoms with van der Waals surface area (Å²) in [6, 6.07) is 7.55. The normalized spacial score (nSPS) is 10.6.